The Morgan fingerprint density at radius 1 is 0.909 bits per heavy atom. The SMILES string of the molecule is COc1cccc(C2/C(=C(\O)c3cc(C)cc(C)c3OC)C(=O)C(=O)N2c2ccccc2)c1. The molecule has 6 nitrogen and oxygen atoms in total. The van der Waals surface area contributed by atoms with Gasteiger partial charge in [-0.05, 0) is 60.9 Å². The fourth-order valence-electron chi connectivity index (χ4n) is 4.36. The number of hydrogen-bond acceptors (Lipinski definition) is 5. The van der Waals surface area contributed by atoms with Crippen molar-refractivity contribution in [3.63, 3.8) is 0 Å². The maximum absolute atomic E-state index is 13.3. The molecule has 0 bridgehead atoms. The maximum atomic E-state index is 13.3. The highest BCUT2D eigenvalue weighted by atomic mass is 16.5. The minimum atomic E-state index is -0.840. The Morgan fingerprint density at radius 2 is 1.64 bits per heavy atom. The summed E-state index contributed by atoms with van der Waals surface area (Å²) < 4.78 is 10.9. The molecule has 1 aliphatic heterocycles. The number of anilines is 1. The Labute approximate surface area is 192 Å². The molecule has 1 aliphatic rings. The van der Waals surface area contributed by atoms with Gasteiger partial charge in [-0.2, -0.15) is 0 Å². The molecule has 1 heterocycles. The molecular weight excluding hydrogens is 418 g/mol. The van der Waals surface area contributed by atoms with Crippen LogP contribution in [0.1, 0.15) is 28.3 Å². The number of carbonyl (C=O) groups is 2. The molecule has 1 N–H and O–H groups in total. The van der Waals surface area contributed by atoms with Crippen LogP contribution in [0.5, 0.6) is 11.5 Å². The van der Waals surface area contributed by atoms with Gasteiger partial charge in [-0.15, -0.1) is 0 Å². The first-order valence-electron chi connectivity index (χ1n) is 10.5. The molecule has 3 aromatic rings. The van der Waals surface area contributed by atoms with Crippen LogP contribution in [0.2, 0.25) is 0 Å². The van der Waals surface area contributed by atoms with E-state index in [4.69, 9.17) is 9.47 Å². The monoisotopic (exact) mass is 443 g/mol. The van der Waals surface area contributed by atoms with Crippen molar-refractivity contribution in [3.8, 4) is 11.5 Å². The van der Waals surface area contributed by atoms with Gasteiger partial charge < -0.3 is 14.6 Å². The van der Waals surface area contributed by atoms with Crippen molar-refractivity contribution < 1.29 is 24.2 Å². The van der Waals surface area contributed by atoms with E-state index in [-0.39, 0.29) is 11.3 Å². The number of hydrogen-bond donors (Lipinski definition) is 1. The summed E-state index contributed by atoms with van der Waals surface area (Å²) in [5, 5.41) is 11.5. The number of Topliss-reactive ketones (excluding diaryl/α,β-unsaturated/α-hetero) is 1. The van der Waals surface area contributed by atoms with E-state index in [2.05, 4.69) is 0 Å². The number of carbonyl (C=O) groups excluding carboxylic acids is 2. The molecule has 0 radical (unpaired) electrons. The van der Waals surface area contributed by atoms with Crippen molar-refractivity contribution in [2.24, 2.45) is 0 Å². The molecule has 0 saturated carbocycles. The topological polar surface area (TPSA) is 76.1 Å². The Balaban J connectivity index is 2.02. The van der Waals surface area contributed by atoms with E-state index in [0.29, 0.717) is 28.3 Å². The predicted octanol–water partition coefficient (Wildman–Crippen LogP) is 4.95. The summed E-state index contributed by atoms with van der Waals surface area (Å²) in [5.74, 6) is -0.712. The molecule has 1 atom stereocenters. The minimum Gasteiger partial charge on any atom is -0.507 e. The average molecular weight is 443 g/mol. The summed E-state index contributed by atoms with van der Waals surface area (Å²) >= 11 is 0. The first kappa shape index (κ1) is 22.1. The zero-order chi connectivity index (χ0) is 23.7. The zero-order valence-corrected chi connectivity index (χ0v) is 19.0. The Bertz CT molecular complexity index is 1260. The van der Waals surface area contributed by atoms with Gasteiger partial charge in [0.05, 0.1) is 31.4 Å². The average Bonchev–Trinajstić information content (AvgIpc) is 3.09. The van der Waals surface area contributed by atoms with Crippen LogP contribution in [0.4, 0.5) is 5.69 Å². The fraction of sp³-hybridized carbons (Fsp3) is 0.185. The highest BCUT2D eigenvalue weighted by Crippen LogP contribution is 2.44. The Morgan fingerprint density at radius 3 is 2.30 bits per heavy atom. The summed E-state index contributed by atoms with van der Waals surface area (Å²) in [6.07, 6.45) is 0. The van der Waals surface area contributed by atoms with E-state index >= 15 is 0 Å². The standard InChI is InChI=1S/C27H25NO5/c1-16-13-17(2)26(33-4)21(14-16)24(29)22-23(18-9-8-12-20(15-18)32-3)28(27(31)25(22)30)19-10-6-5-7-11-19/h5-15,23,29H,1-4H3/b24-22+. The second-order valence-electron chi connectivity index (χ2n) is 7.94. The van der Waals surface area contributed by atoms with Crippen molar-refractivity contribution in [2.75, 3.05) is 19.1 Å². The number of methoxy groups -OCH3 is 2. The number of benzene rings is 3. The number of aliphatic hydroxyl groups excluding tert-OH is 1. The van der Waals surface area contributed by atoms with Crippen LogP contribution in [0.15, 0.2) is 72.3 Å². The van der Waals surface area contributed by atoms with Crippen LogP contribution in [0.3, 0.4) is 0 Å². The molecule has 6 heteroatoms. The summed E-state index contributed by atoms with van der Waals surface area (Å²) in [5.41, 5.74) is 3.27. The lowest BCUT2D eigenvalue weighted by molar-refractivity contribution is -0.132. The molecule has 0 aliphatic carbocycles. The van der Waals surface area contributed by atoms with Gasteiger partial charge >= 0.3 is 0 Å². The van der Waals surface area contributed by atoms with E-state index in [1.807, 2.05) is 26.0 Å². The first-order chi connectivity index (χ1) is 15.9. The number of ketones is 1. The lowest BCUT2D eigenvalue weighted by Crippen LogP contribution is -2.29. The maximum Gasteiger partial charge on any atom is 0.300 e. The number of aliphatic hydroxyl groups is 1. The lowest BCUT2D eigenvalue weighted by Gasteiger charge is -2.26. The smallest absolute Gasteiger partial charge is 0.300 e. The number of para-hydroxylation sites is 1. The first-order valence-corrected chi connectivity index (χ1v) is 10.5. The largest absolute Gasteiger partial charge is 0.507 e. The Hall–Kier alpha value is -4.06. The number of rotatable bonds is 5. The number of amides is 1. The van der Waals surface area contributed by atoms with Crippen LogP contribution < -0.4 is 14.4 Å². The number of aryl methyl sites for hydroxylation is 2. The van der Waals surface area contributed by atoms with Gasteiger partial charge in [-0.25, -0.2) is 0 Å². The van der Waals surface area contributed by atoms with Gasteiger partial charge in [-0.3, -0.25) is 14.5 Å². The van der Waals surface area contributed by atoms with E-state index < -0.39 is 17.7 Å². The molecule has 3 aromatic carbocycles. The summed E-state index contributed by atoms with van der Waals surface area (Å²) in [7, 11) is 3.06. The second kappa shape index (κ2) is 8.82. The van der Waals surface area contributed by atoms with Gasteiger partial charge in [0.1, 0.15) is 17.3 Å². The van der Waals surface area contributed by atoms with Crippen LogP contribution in [-0.2, 0) is 9.59 Å². The summed E-state index contributed by atoms with van der Waals surface area (Å²) in [6, 6.07) is 18.9. The van der Waals surface area contributed by atoms with E-state index in [9.17, 15) is 14.7 Å². The third-order valence-corrected chi connectivity index (χ3v) is 5.77. The molecule has 4 rings (SSSR count). The minimum absolute atomic E-state index is 0.000376. The van der Waals surface area contributed by atoms with Gasteiger partial charge in [0.2, 0.25) is 0 Å². The normalized spacial score (nSPS) is 17.3. The number of ether oxygens (including phenoxy) is 2. The van der Waals surface area contributed by atoms with Crippen molar-refractivity contribution >= 4 is 23.1 Å². The fourth-order valence-corrected chi connectivity index (χ4v) is 4.36. The van der Waals surface area contributed by atoms with Gasteiger partial charge in [0, 0.05) is 5.69 Å². The molecule has 1 unspecified atom stereocenters. The highest BCUT2D eigenvalue weighted by Gasteiger charge is 2.47. The number of nitrogens with zero attached hydrogens (tertiary/aromatic N) is 1. The van der Waals surface area contributed by atoms with E-state index in [0.717, 1.165) is 11.1 Å². The van der Waals surface area contributed by atoms with E-state index in [1.165, 1.54) is 12.0 Å². The molecule has 1 saturated heterocycles. The molecule has 1 amide bonds. The predicted molar refractivity (Wildman–Crippen MR) is 127 cm³/mol. The zero-order valence-electron chi connectivity index (χ0n) is 19.0. The quantitative estimate of drug-likeness (QED) is 0.343. The van der Waals surface area contributed by atoms with Crippen LogP contribution in [-0.4, -0.2) is 31.0 Å². The Kier molecular flexibility index (Phi) is 5.92. The van der Waals surface area contributed by atoms with Crippen LogP contribution in [0.25, 0.3) is 5.76 Å². The molecule has 168 valence electrons. The van der Waals surface area contributed by atoms with Gasteiger partial charge in [-0.1, -0.05) is 36.4 Å². The van der Waals surface area contributed by atoms with Crippen molar-refractivity contribution in [3.05, 3.63) is 94.6 Å². The van der Waals surface area contributed by atoms with Crippen molar-refractivity contribution in [1.82, 2.24) is 0 Å². The van der Waals surface area contributed by atoms with Gasteiger partial charge in [0.15, 0.2) is 0 Å². The lowest BCUT2D eigenvalue weighted by atomic mass is 9.93. The summed E-state index contributed by atoms with van der Waals surface area (Å²) in [4.78, 5) is 28.0. The highest BCUT2D eigenvalue weighted by molar-refractivity contribution is 6.51. The third-order valence-electron chi connectivity index (χ3n) is 5.77. The second-order valence-corrected chi connectivity index (χ2v) is 7.94. The molecule has 33 heavy (non-hydrogen) atoms. The molecule has 0 aromatic heterocycles. The summed E-state index contributed by atoms with van der Waals surface area (Å²) in [6.45, 7) is 3.76. The molecular formula is C27H25NO5. The molecule has 0 spiro atoms. The third kappa shape index (κ3) is 3.84. The van der Waals surface area contributed by atoms with Crippen molar-refractivity contribution in [2.45, 2.75) is 19.9 Å². The molecule has 1 fully saturated rings. The van der Waals surface area contributed by atoms with Crippen LogP contribution >= 0.6 is 0 Å². The van der Waals surface area contributed by atoms with Crippen molar-refractivity contribution in [1.29, 1.82) is 0 Å². The van der Waals surface area contributed by atoms with E-state index in [1.54, 1.807) is 61.7 Å². The van der Waals surface area contributed by atoms with Gasteiger partial charge in [0.25, 0.3) is 11.7 Å². The van der Waals surface area contributed by atoms with Crippen LogP contribution in [0, 0.1) is 13.8 Å².